The third-order valence-corrected chi connectivity index (χ3v) is 5.14. The lowest BCUT2D eigenvalue weighted by Crippen LogP contribution is -2.32. The van der Waals surface area contributed by atoms with Crippen LogP contribution in [-0.2, 0) is 0 Å². The summed E-state index contributed by atoms with van der Waals surface area (Å²) in [6, 6.07) is 26.3. The lowest BCUT2D eigenvalue weighted by molar-refractivity contribution is 0.765. The molecule has 3 aromatic rings. The van der Waals surface area contributed by atoms with E-state index in [1.54, 1.807) is 0 Å². The van der Waals surface area contributed by atoms with Crippen molar-refractivity contribution in [2.45, 2.75) is 45.8 Å². The summed E-state index contributed by atoms with van der Waals surface area (Å²) >= 11 is 0. The molecule has 4 radical (unpaired) electrons. The average molecular weight is 372 g/mol. The van der Waals surface area contributed by atoms with Gasteiger partial charge in [0.2, 0.25) is 0 Å². The Morgan fingerprint density at radius 2 is 0.966 bits per heavy atom. The van der Waals surface area contributed by atoms with Gasteiger partial charge in [0.1, 0.15) is 0 Å². The van der Waals surface area contributed by atoms with E-state index in [2.05, 4.69) is 123 Å². The summed E-state index contributed by atoms with van der Waals surface area (Å²) in [7, 11) is 9.06. The molecule has 0 aliphatic carbocycles. The van der Waals surface area contributed by atoms with E-state index in [4.69, 9.17) is 0 Å². The van der Waals surface area contributed by atoms with Gasteiger partial charge in [0, 0.05) is 0 Å². The second-order valence-corrected chi connectivity index (χ2v) is 7.83. The van der Waals surface area contributed by atoms with Crippen LogP contribution < -0.4 is 32.8 Å². The first-order chi connectivity index (χ1) is 14.2. The van der Waals surface area contributed by atoms with Crippen molar-refractivity contribution in [3.05, 3.63) is 72.8 Å². The predicted molar refractivity (Wildman–Crippen MR) is 135 cm³/mol. The SMILES string of the molecule is CC[B]c1ccc([B]c2ccc([B]c3ccc([B]C(C)CCC)cc3)cc2)cc1. The first-order valence-electron chi connectivity index (χ1n) is 10.8. The highest BCUT2D eigenvalue weighted by Gasteiger charge is 2.06. The van der Waals surface area contributed by atoms with Gasteiger partial charge in [-0.1, -0.05) is 151 Å². The zero-order chi connectivity index (χ0) is 20.5. The van der Waals surface area contributed by atoms with Gasteiger partial charge < -0.3 is 0 Å². The Morgan fingerprint density at radius 1 is 0.586 bits per heavy atom. The smallest absolute Gasteiger partial charge is 0.0879 e. The van der Waals surface area contributed by atoms with Crippen molar-refractivity contribution in [3.8, 4) is 0 Å². The lowest BCUT2D eigenvalue weighted by atomic mass is 9.57. The van der Waals surface area contributed by atoms with Gasteiger partial charge >= 0.3 is 0 Å². The van der Waals surface area contributed by atoms with Crippen LogP contribution in [0.4, 0.5) is 0 Å². The lowest BCUT2D eigenvalue weighted by Gasteiger charge is -2.09. The van der Waals surface area contributed by atoms with Crippen LogP contribution in [0, 0.1) is 0 Å². The van der Waals surface area contributed by atoms with Crippen LogP contribution >= 0.6 is 0 Å². The normalized spacial score (nSPS) is 11.6. The third kappa shape index (κ3) is 7.03. The van der Waals surface area contributed by atoms with E-state index in [9.17, 15) is 0 Å². The summed E-state index contributed by atoms with van der Waals surface area (Å²) in [6.07, 6.45) is 3.55. The molecule has 1 unspecified atom stereocenters. The van der Waals surface area contributed by atoms with Crippen molar-refractivity contribution in [1.82, 2.24) is 0 Å². The topological polar surface area (TPSA) is 0 Å². The van der Waals surface area contributed by atoms with Crippen molar-refractivity contribution in [3.63, 3.8) is 0 Å². The summed E-state index contributed by atoms with van der Waals surface area (Å²) in [4.78, 5) is 0. The number of rotatable bonds is 10. The minimum atomic E-state index is 0.639. The van der Waals surface area contributed by atoms with E-state index in [0.29, 0.717) is 5.82 Å². The Balaban J connectivity index is 1.54. The number of hydrogen-bond acceptors (Lipinski definition) is 0. The molecule has 1 atom stereocenters. The maximum atomic E-state index is 2.37. The number of benzene rings is 3. The van der Waals surface area contributed by atoms with Gasteiger partial charge in [-0.15, -0.1) is 0 Å². The van der Waals surface area contributed by atoms with Gasteiger partial charge in [-0.2, -0.15) is 0 Å². The third-order valence-electron chi connectivity index (χ3n) is 5.14. The maximum Gasteiger partial charge on any atom is 0.191 e. The van der Waals surface area contributed by atoms with Gasteiger partial charge in [0.25, 0.3) is 0 Å². The van der Waals surface area contributed by atoms with Gasteiger partial charge in [-0.25, -0.2) is 0 Å². The monoisotopic (exact) mass is 372 g/mol. The molecule has 0 heterocycles. The van der Waals surface area contributed by atoms with E-state index < -0.39 is 0 Å². The summed E-state index contributed by atoms with van der Waals surface area (Å²) in [5.41, 5.74) is 7.54. The van der Waals surface area contributed by atoms with Gasteiger partial charge in [-0.3, -0.25) is 0 Å². The van der Waals surface area contributed by atoms with Crippen molar-refractivity contribution >= 4 is 61.9 Å². The molecule has 0 N–H and O–H groups in total. The minimum absolute atomic E-state index is 0.639. The molecule has 140 valence electrons. The van der Waals surface area contributed by atoms with E-state index in [0.717, 1.165) is 6.32 Å². The van der Waals surface area contributed by atoms with Gasteiger partial charge in [-0.05, 0) is 0 Å². The first-order valence-corrected chi connectivity index (χ1v) is 10.8. The summed E-state index contributed by atoms with van der Waals surface area (Å²) < 4.78 is 0. The Hall–Kier alpha value is -2.08. The summed E-state index contributed by atoms with van der Waals surface area (Å²) in [5.74, 6) is 0.639. The molecule has 0 nitrogen and oxygen atoms in total. The van der Waals surface area contributed by atoms with E-state index in [1.165, 1.54) is 45.6 Å². The fourth-order valence-electron chi connectivity index (χ4n) is 3.61. The first kappa shape index (κ1) is 21.6. The molecule has 0 aliphatic rings. The highest BCUT2D eigenvalue weighted by molar-refractivity contribution is 6.69. The average Bonchev–Trinajstić information content (AvgIpc) is 2.73. The zero-order valence-corrected chi connectivity index (χ0v) is 17.9. The molecule has 0 amide bonds. The Labute approximate surface area is 180 Å². The maximum absolute atomic E-state index is 2.37. The van der Waals surface area contributed by atoms with Crippen molar-refractivity contribution < 1.29 is 0 Å². The molecule has 0 fully saturated rings. The van der Waals surface area contributed by atoms with Crippen LogP contribution in [-0.4, -0.2) is 29.1 Å². The summed E-state index contributed by atoms with van der Waals surface area (Å²) in [6.45, 7) is 6.70. The highest BCUT2D eigenvalue weighted by atomic mass is 13.9. The van der Waals surface area contributed by atoms with Crippen LogP contribution in [0.25, 0.3) is 0 Å². The Bertz CT molecular complexity index is 855. The highest BCUT2D eigenvalue weighted by Crippen LogP contribution is 2.09. The van der Waals surface area contributed by atoms with Crippen LogP contribution in [0.2, 0.25) is 12.1 Å². The molecule has 0 saturated heterocycles. The summed E-state index contributed by atoms with van der Waals surface area (Å²) in [5, 5.41) is 0. The van der Waals surface area contributed by atoms with Gasteiger partial charge in [0.05, 0.1) is 0 Å². The second-order valence-electron chi connectivity index (χ2n) is 7.83. The standard InChI is InChI=1S/C25H28B4/c1-4-6-19(3)27-21-11-13-23(14-12-21)29-25-17-15-24(16-18-25)28-22-9-7-20(8-10-22)26-5-2/h7-19H,4-6H2,1-3H3. The molecule has 3 rings (SSSR count). The van der Waals surface area contributed by atoms with Gasteiger partial charge in [0.15, 0.2) is 29.1 Å². The number of hydrogen-bond donors (Lipinski definition) is 0. The molecule has 29 heavy (non-hydrogen) atoms. The molecule has 0 aromatic heterocycles. The fraction of sp³-hybridized carbons (Fsp3) is 0.280. The molecule has 4 heteroatoms. The van der Waals surface area contributed by atoms with Crippen LogP contribution in [0.3, 0.4) is 0 Å². The molecular formula is C25H28B4. The molecule has 0 bridgehead atoms. The van der Waals surface area contributed by atoms with Crippen LogP contribution in [0.1, 0.15) is 33.6 Å². The van der Waals surface area contributed by atoms with Crippen LogP contribution in [0.5, 0.6) is 0 Å². The fourth-order valence-corrected chi connectivity index (χ4v) is 3.61. The van der Waals surface area contributed by atoms with E-state index >= 15 is 0 Å². The van der Waals surface area contributed by atoms with Crippen molar-refractivity contribution in [2.75, 3.05) is 0 Å². The van der Waals surface area contributed by atoms with Crippen molar-refractivity contribution in [2.24, 2.45) is 0 Å². The quantitative estimate of drug-likeness (QED) is 0.476. The molecule has 3 aromatic carbocycles. The Kier molecular flexibility index (Phi) is 8.35. The van der Waals surface area contributed by atoms with Crippen molar-refractivity contribution in [1.29, 1.82) is 0 Å². The molecule has 0 aliphatic heterocycles. The molecule has 0 spiro atoms. The van der Waals surface area contributed by atoms with Crippen LogP contribution in [0.15, 0.2) is 72.8 Å². The molecular weight excluding hydrogens is 344 g/mol. The predicted octanol–water partition coefficient (Wildman–Crippen LogP) is 1.70. The zero-order valence-electron chi connectivity index (χ0n) is 17.9. The van der Waals surface area contributed by atoms with E-state index in [-0.39, 0.29) is 0 Å². The largest absolute Gasteiger partial charge is 0.191 e. The molecule has 0 saturated carbocycles. The second kappa shape index (κ2) is 11.2. The Morgan fingerprint density at radius 3 is 1.34 bits per heavy atom. The minimum Gasteiger partial charge on any atom is -0.0879 e. The van der Waals surface area contributed by atoms with E-state index in [1.807, 2.05) is 0 Å².